The van der Waals surface area contributed by atoms with Gasteiger partial charge in [-0.15, -0.1) is 0 Å². The van der Waals surface area contributed by atoms with Gasteiger partial charge >= 0.3 is 0 Å². The summed E-state index contributed by atoms with van der Waals surface area (Å²) < 4.78 is 5.93. The van der Waals surface area contributed by atoms with E-state index in [-0.39, 0.29) is 11.2 Å². The lowest BCUT2D eigenvalue weighted by Crippen LogP contribution is -2.34. The fourth-order valence-electron chi connectivity index (χ4n) is 1.55. The van der Waals surface area contributed by atoms with Gasteiger partial charge in [0.2, 0.25) is 0 Å². The van der Waals surface area contributed by atoms with Gasteiger partial charge in [-0.3, -0.25) is 0 Å². The van der Waals surface area contributed by atoms with E-state index in [2.05, 4.69) is 39.8 Å². The Bertz CT molecular complexity index is 175. The summed E-state index contributed by atoms with van der Waals surface area (Å²) in [4.78, 5) is 0. The third-order valence-corrected chi connectivity index (χ3v) is 1.66. The van der Waals surface area contributed by atoms with Crippen molar-refractivity contribution in [3.05, 3.63) is 24.3 Å². The summed E-state index contributed by atoms with van der Waals surface area (Å²) in [5.41, 5.74) is -0.393. The lowest BCUT2D eigenvalue weighted by Gasteiger charge is -2.32. The summed E-state index contributed by atoms with van der Waals surface area (Å²) in [5.74, 6) is 0. The van der Waals surface area contributed by atoms with Crippen LogP contribution in [0.5, 0.6) is 0 Å². The van der Waals surface area contributed by atoms with Gasteiger partial charge in [-0.1, -0.05) is 24.3 Å². The minimum absolute atomic E-state index is 0.197. The topological polar surface area (TPSA) is 9.23 Å². The van der Waals surface area contributed by atoms with Crippen molar-refractivity contribution in [2.45, 2.75) is 52.7 Å². The van der Waals surface area contributed by atoms with Gasteiger partial charge in [0.1, 0.15) is 0 Å². The fraction of sp³-hybridized carbons (Fsp3) is 0.667. The molecule has 0 aromatic heterocycles. The van der Waals surface area contributed by atoms with Crippen molar-refractivity contribution >= 4 is 0 Å². The Morgan fingerprint density at radius 3 is 1.31 bits per heavy atom. The molecule has 0 unspecified atom stereocenters. The van der Waals surface area contributed by atoms with Gasteiger partial charge in [0.15, 0.2) is 0 Å². The molecule has 0 saturated heterocycles. The quantitative estimate of drug-likeness (QED) is 0.602. The molecule has 0 aliphatic carbocycles. The predicted molar refractivity (Wildman–Crippen MR) is 58.9 cm³/mol. The molecule has 0 aliphatic heterocycles. The smallest absolute Gasteiger partial charge is 0.0817 e. The van der Waals surface area contributed by atoms with Gasteiger partial charge in [0.05, 0.1) is 11.2 Å². The molecule has 0 fully saturated rings. The minimum Gasteiger partial charge on any atom is -0.362 e. The van der Waals surface area contributed by atoms with Crippen LogP contribution in [0.3, 0.4) is 0 Å². The summed E-state index contributed by atoms with van der Waals surface area (Å²) in [6.07, 6.45) is 8.17. The molecule has 0 radical (unpaired) electrons. The highest BCUT2D eigenvalue weighted by Crippen LogP contribution is 2.22. The number of hydrogen-bond donors (Lipinski definition) is 0. The van der Waals surface area contributed by atoms with Crippen molar-refractivity contribution in [1.29, 1.82) is 0 Å². The maximum absolute atomic E-state index is 5.93. The largest absolute Gasteiger partial charge is 0.362 e. The Balaban J connectivity index is 4.41. The summed E-state index contributed by atoms with van der Waals surface area (Å²) in [6, 6.07) is 0. The maximum Gasteiger partial charge on any atom is 0.0817 e. The molecule has 0 bridgehead atoms. The zero-order valence-electron chi connectivity index (χ0n) is 9.72. The molecule has 0 atom stereocenters. The lowest BCUT2D eigenvalue weighted by molar-refractivity contribution is -0.0684. The van der Waals surface area contributed by atoms with Crippen LogP contribution in [0.2, 0.25) is 0 Å². The number of allylic oxidation sites excluding steroid dienone is 2. The van der Waals surface area contributed by atoms with E-state index in [0.717, 1.165) is 0 Å². The monoisotopic (exact) mass is 182 g/mol. The summed E-state index contributed by atoms with van der Waals surface area (Å²) in [5, 5.41) is 0. The van der Waals surface area contributed by atoms with Crippen LogP contribution in [0.15, 0.2) is 24.3 Å². The van der Waals surface area contributed by atoms with Gasteiger partial charge < -0.3 is 4.74 Å². The van der Waals surface area contributed by atoms with Gasteiger partial charge in [0.25, 0.3) is 0 Å². The second kappa shape index (κ2) is 4.61. The van der Waals surface area contributed by atoms with Crippen molar-refractivity contribution in [3.8, 4) is 0 Å². The van der Waals surface area contributed by atoms with Crippen molar-refractivity contribution in [2.24, 2.45) is 0 Å². The van der Waals surface area contributed by atoms with Crippen molar-refractivity contribution in [1.82, 2.24) is 0 Å². The zero-order chi connectivity index (χ0) is 10.5. The second-order valence-electron chi connectivity index (χ2n) is 4.31. The number of ether oxygens (including phenoxy) is 1. The van der Waals surface area contributed by atoms with Crippen LogP contribution in [-0.4, -0.2) is 11.2 Å². The first-order valence-corrected chi connectivity index (χ1v) is 4.81. The number of hydrogen-bond acceptors (Lipinski definition) is 1. The normalized spacial score (nSPS) is 14.6. The van der Waals surface area contributed by atoms with E-state index in [1.54, 1.807) is 0 Å². The van der Waals surface area contributed by atoms with Crippen molar-refractivity contribution in [2.75, 3.05) is 0 Å². The highest BCUT2D eigenvalue weighted by molar-refractivity contribution is 5.01. The Kier molecular flexibility index (Phi) is 4.41. The minimum atomic E-state index is -0.197. The van der Waals surface area contributed by atoms with E-state index in [4.69, 9.17) is 4.74 Å². The Labute approximate surface area is 82.5 Å². The van der Waals surface area contributed by atoms with Crippen molar-refractivity contribution < 1.29 is 4.74 Å². The average Bonchev–Trinajstić information content (AvgIpc) is 1.82. The second-order valence-corrected chi connectivity index (χ2v) is 4.31. The highest BCUT2D eigenvalue weighted by Gasteiger charge is 2.24. The first-order chi connectivity index (χ1) is 5.83. The van der Waals surface area contributed by atoms with E-state index < -0.39 is 0 Å². The van der Waals surface area contributed by atoms with Crippen LogP contribution in [0.1, 0.15) is 41.5 Å². The Morgan fingerprint density at radius 1 is 0.769 bits per heavy atom. The lowest BCUT2D eigenvalue weighted by atomic mass is 10.0. The van der Waals surface area contributed by atoms with Gasteiger partial charge in [-0.2, -0.15) is 0 Å². The summed E-state index contributed by atoms with van der Waals surface area (Å²) >= 11 is 0. The molecular formula is C12H22O. The Morgan fingerprint density at radius 2 is 1.08 bits per heavy atom. The molecule has 0 rings (SSSR count). The van der Waals surface area contributed by atoms with Crippen molar-refractivity contribution in [3.63, 3.8) is 0 Å². The van der Waals surface area contributed by atoms with E-state index in [1.807, 2.05) is 26.0 Å². The first kappa shape index (κ1) is 12.4. The van der Waals surface area contributed by atoms with E-state index in [1.165, 1.54) is 0 Å². The van der Waals surface area contributed by atoms with E-state index in [9.17, 15) is 0 Å². The zero-order valence-corrected chi connectivity index (χ0v) is 9.72. The molecule has 0 amide bonds. The van der Waals surface area contributed by atoms with E-state index in [0.29, 0.717) is 0 Å². The molecule has 0 saturated carbocycles. The average molecular weight is 182 g/mol. The highest BCUT2D eigenvalue weighted by atomic mass is 16.5. The number of rotatable bonds is 4. The van der Waals surface area contributed by atoms with Gasteiger partial charge in [0, 0.05) is 0 Å². The summed E-state index contributed by atoms with van der Waals surface area (Å²) in [7, 11) is 0. The van der Waals surface area contributed by atoms with Crippen LogP contribution in [-0.2, 0) is 4.74 Å². The van der Waals surface area contributed by atoms with Gasteiger partial charge in [-0.05, 0) is 41.5 Å². The van der Waals surface area contributed by atoms with Crippen LogP contribution >= 0.6 is 0 Å². The van der Waals surface area contributed by atoms with E-state index >= 15 is 0 Å². The molecule has 0 aliphatic rings. The molecule has 76 valence electrons. The molecule has 1 nitrogen and oxygen atoms in total. The third kappa shape index (κ3) is 5.64. The molecular weight excluding hydrogens is 160 g/mol. The molecule has 1 heteroatoms. The molecule has 0 aromatic rings. The SMILES string of the molecule is CC=CC(C)(C)OC(C)(C)C=CC. The molecule has 0 heterocycles. The fourth-order valence-corrected chi connectivity index (χ4v) is 1.55. The summed E-state index contributed by atoms with van der Waals surface area (Å²) in [6.45, 7) is 12.3. The van der Waals surface area contributed by atoms with Crippen LogP contribution in [0.4, 0.5) is 0 Å². The van der Waals surface area contributed by atoms with Crippen LogP contribution in [0.25, 0.3) is 0 Å². The molecule has 13 heavy (non-hydrogen) atoms. The third-order valence-electron chi connectivity index (χ3n) is 1.66. The molecule has 0 N–H and O–H groups in total. The first-order valence-electron chi connectivity index (χ1n) is 4.81. The maximum atomic E-state index is 5.93. The van der Waals surface area contributed by atoms with Crippen LogP contribution < -0.4 is 0 Å². The van der Waals surface area contributed by atoms with Gasteiger partial charge in [-0.25, -0.2) is 0 Å². The Hall–Kier alpha value is -0.560. The standard InChI is InChI=1S/C12H22O/c1-7-9-11(3,4)13-12(5,6)10-8-2/h7-10H,1-6H3. The molecule has 0 spiro atoms. The van der Waals surface area contributed by atoms with Crippen LogP contribution in [0, 0.1) is 0 Å². The molecule has 0 aromatic carbocycles. The predicted octanol–water partition coefficient (Wildman–Crippen LogP) is 3.71.